The Bertz CT molecular complexity index is 875. The van der Waals surface area contributed by atoms with Crippen LogP contribution in [0.3, 0.4) is 0 Å². The van der Waals surface area contributed by atoms with Crippen LogP contribution in [0.4, 0.5) is 0 Å². The van der Waals surface area contributed by atoms with Gasteiger partial charge in [0, 0.05) is 54.8 Å². The summed E-state index contributed by atoms with van der Waals surface area (Å²) in [5, 5.41) is 1.68. The zero-order valence-corrected chi connectivity index (χ0v) is 17.0. The quantitative estimate of drug-likeness (QED) is 0.727. The highest BCUT2D eigenvalue weighted by Gasteiger charge is 2.34. The molecule has 152 valence electrons. The molecular formula is C22H25N3O3S. The lowest BCUT2D eigenvalue weighted by atomic mass is 10.1. The summed E-state index contributed by atoms with van der Waals surface area (Å²) in [5.41, 5.74) is 2.22. The van der Waals surface area contributed by atoms with E-state index in [1.807, 2.05) is 36.4 Å². The van der Waals surface area contributed by atoms with Crippen LogP contribution in [0.25, 0.3) is 0 Å². The molecule has 0 saturated carbocycles. The summed E-state index contributed by atoms with van der Waals surface area (Å²) in [7, 11) is -1.02. The Balaban J connectivity index is 1.47. The molecule has 6 nitrogen and oxygen atoms in total. The minimum Gasteiger partial charge on any atom is -0.366 e. The molecule has 1 amide bonds. The highest BCUT2D eigenvalue weighted by Crippen LogP contribution is 2.20. The summed E-state index contributed by atoms with van der Waals surface area (Å²) in [5.74, 6) is 0.394. The van der Waals surface area contributed by atoms with E-state index in [-0.39, 0.29) is 11.9 Å². The molecule has 3 unspecified atom stereocenters. The number of carbonyl (C=O) groups is 1. The van der Waals surface area contributed by atoms with Crippen molar-refractivity contribution in [3.05, 3.63) is 77.5 Å². The van der Waals surface area contributed by atoms with Crippen molar-refractivity contribution in [2.45, 2.75) is 25.2 Å². The maximum atomic E-state index is 13.4. The van der Waals surface area contributed by atoms with Crippen LogP contribution in [0, 0.1) is 0 Å². The van der Waals surface area contributed by atoms with Crippen molar-refractivity contribution >= 4 is 16.7 Å². The largest absolute Gasteiger partial charge is 0.366 e. The molecule has 3 atom stereocenters. The Morgan fingerprint density at radius 2 is 1.97 bits per heavy atom. The molecule has 0 radical (unpaired) electrons. The zero-order chi connectivity index (χ0) is 20.1. The van der Waals surface area contributed by atoms with Gasteiger partial charge in [0.15, 0.2) is 0 Å². The Morgan fingerprint density at radius 3 is 2.69 bits per heavy atom. The number of aromatic nitrogens is 1. The molecule has 0 aliphatic carbocycles. The SMILES string of the molecule is O=C(C1CN(Cc2ccccc2)CCO1)N(Cc1ccncc1)C1C=CS(=O)C1. The van der Waals surface area contributed by atoms with Gasteiger partial charge < -0.3 is 9.64 Å². The van der Waals surface area contributed by atoms with Crippen molar-refractivity contribution in [2.24, 2.45) is 0 Å². The van der Waals surface area contributed by atoms with Gasteiger partial charge in [-0.25, -0.2) is 0 Å². The van der Waals surface area contributed by atoms with Gasteiger partial charge in [0.2, 0.25) is 0 Å². The third-order valence-electron chi connectivity index (χ3n) is 5.25. The number of morpholine rings is 1. The number of rotatable bonds is 6. The van der Waals surface area contributed by atoms with E-state index in [1.54, 1.807) is 22.7 Å². The van der Waals surface area contributed by atoms with Crippen LogP contribution in [0.15, 0.2) is 66.3 Å². The third kappa shape index (κ3) is 5.18. The number of ether oxygens (including phenoxy) is 1. The van der Waals surface area contributed by atoms with Gasteiger partial charge >= 0.3 is 0 Å². The number of hydrogen-bond donors (Lipinski definition) is 0. The molecule has 0 spiro atoms. The van der Waals surface area contributed by atoms with Gasteiger partial charge in [0.1, 0.15) is 6.10 Å². The van der Waals surface area contributed by atoms with E-state index in [2.05, 4.69) is 22.0 Å². The first-order chi connectivity index (χ1) is 14.2. The lowest BCUT2D eigenvalue weighted by Crippen LogP contribution is -2.53. The molecule has 2 aliphatic rings. The van der Waals surface area contributed by atoms with Crippen molar-refractivity contribution in [2.75, 3.05) is 25.4 Å². The smallest absolute Gasteiger partial charge is 0.253 e. The molecule has 2 aromatic rings. The molecule has 1 aromatic heterocycles. The van der Waals surface area contributed by atoms with Gasteiger partial charge in [-0.3, -0.25) is 18.9 Å². The van der Waals surface area contributed by atoms with Crippen molar-refractivity contribution in [1.82, 2.24) is 14.8 Å². The van der Waals surface area contributed by atoms with Gasteiger partial charge in [0.25, 0.3) is 5.91 Å². The lowest BCUT2D eigenvalue weighted by Gasteiger charge is -2.36. The topological polar surface area (TPSA) is 62.7 Å². The lowest BCUT2D eigenvalue weighted by molar-refractivity contribution is -0.151. The Hall–Kier alpha value is -2.35. The fourth-order valence-electron chi connectivity index (χ4n) is 3.72. The van der Waals surface area contributed by atoms with Crippen LogP contribution < -0.4 is 0 Å². The first kappa shape index (κ1) is 19.9. The molecular weight excluding hydrogens is 386 g/mol. The highest BCUT2D eigenvalue weighted by molar-refractivity contribution is 7.88. The average molecular weight is 412 g/mol. The maximum absolute atomic E-state index is 13.4. The number of pyridine rings is 1. The summed E-state index contributed by atoms with van der Waals surface area (Å²) >= 11 is 0. The van der Waals surface area contributed by atoms with Gasteiger partial charge in [0.05, 0.1) is 18.4 Å². The average Bonchev–Trinajstić information content (AvgIpc) is 3.19. The fraction of sp³-hybridized carbons (Fsp3) is 0.364. The van der Waals surface area contributed by atoms with Crippen LogP contribution >= 0.6 is 0 Å². The van der Waals surface area contributed by atoms with E-state index < -0.39 is 16.9 Å². The van der Waals surface area contributed by atoms with E-state index in [1.165, 1.54) is 5.56 Å². The third-order valence-corrected chi connectivity index (χ3v) is 6.38. The Kier molecular flexibility index (Phi) is 6.49. The van der Waals surface area contributed by atoms with Gasteiger partial charge in [-0.15, -0.1) is 0 Å². The molecule has 1 fully saturated rings. The van der Waals surface area contributed by atoms with E-state index in [0.29, 0.717) is 25.4 Å². The predicted molar refractivity (Wildman–Crippen MR) is 112 cm³/mol. The van der Waals surface area contributed by atoms with E-state index in [4.69, 9.17) is 4.74 Å². The molecule has 0 N–H and O–H groups in total. The Morgan fingerprint density at radius 1 is 1.17 bits per heavy atom. The molecule has 2 aliphatic heterocycles. The van der Waals surface area contributed by atoms with Crippen molar-refractivity contribution in [3.63, 3.8) is 0 Å². The number of nitrogens with zero attached hydrogens (tertiary/aromatic N) is 3. The van der Waals surface area contributed by atoms with Crippen LogP contribution in [-0.2, 0) is 33.4 Å². The second-order valence-electron chi connectivity index (χ2n) is 7.35. The van der Waals surface area contributed by atoms with E-state index >= 15 is 0 Å². The predicted octanol–water partition coefficient (Wildman–Crippen LogP) is 1.96. The minimum atomic E-state index is -1.02. The van der Waals surface area contributed by atoms with Crippen molar-refractivity contribution < 1.29 is 13.7 Å². The van der Waals surface area contributed by atoms with Crippen LogP contribution in [-0.4, -0.2) is 62.5 Å². The van der Waals surface area contributed by atoms with Gasteiger partial charge in [-0.1, -0.05) is 36.4 Å². The standard InChI is InChI=1S/C22H25N3O3S/c26-22(21-16-24(11-12-28-21)14-18-4-2-1-3-5-18)25(20-8-13-29(27)17-20)15-19-6-9-23-10-7-19/h1-10,13,20-21H,11-12,14-17H2. The van der Waals surface area contributed by atoms with Gasteiger partial charge in [-0.05, 0) is 23.3 Å². The molecule has 4 rings (SSSR count). The number of amides is 1. The molecule has 3 heterocycles. The summed E-state index contributed by atoms with van der Waals surface area (Å²) in [6.45, 7) is 3.13. The molecule has 0 bridgehead atoms. The summed E-state index contributed by atoms with van der Waals surface area (Å²) < 4.78 is 17.8. The molecule has 29 heavy (non-hydrogen) atoms. The summed E-state index contributed by atoms with van der Waals surface area (Å²) in [6.07, 6.45) is 4.80. The van der Waals surface area contributed by atoms with E-state index in [9.17, 15) is 9.00 Å². The summed E-state index contributed by atoms with van der Waals surface area (Å²) in [4.78, 5) is 21.5. The molecule has 7 heteroatoms. The first-order valence-electron chi connectivity index (χ1n) is 9.82. The number of hydrogen-bond acceptors (Lipinski definition) is 5. The molecule has 1 saturated heterocycles. The van der Waals surface area contributed by atoms with Crippen molar-refractivity contribution in [1.29, 1.82) is 0 Å². The van der Waals surface area contributed by atoms with Gasteiger partial charge in [-0.2, -0.15) is 0 Å². The monoisotopic (exact) mass is 411 g/mol. The van der Waals surface area contributed by atoms with E-state index in [0.717, 1.165) is 18.7 Å². The fourth-order valence-corrected chi connectivity index (χ4v) is 4.81. The summed E-state index contributed by atoms with van der Waals surface area (Å²) in [6, 6.07) is 13.9. The van der Waals surface area contributed by atoms with Crippen LogP contribution in [0.1, 0.15) is 11.1 Å². The second kappa shape index (κ2) is 9.43. The van der Waals surface area contributed by atoms with Crippen molar-refractivity contribution in [3.8, 4) is 0 Å². The second-order valence-corrected chi connectivity index (χ2v) is 8.71. The number of benzene rings is 1. The molecule has 1 aromatic carbocycles. The normalized spacial score (nSPS) is 24.5. The highest BCUT2D eigenvalue weighted by atomic mass is 32.2. The Labute approximate surface area is 173 Å². The van der Waals surface area contributed by atoms with Crippen LogP contribution in [0.2, 0.25) is 0 Å². The maximum Gasteiger partial charge on any atom is 0.253 e. The number of carbonyl (C=O) groups excluding carboxylic acids is 1. The first-order valence-corrected chi connectivity index (χ1v) is 11.2. The van der Waals surface area contributed by atoms with Crippen LogP contribution in [0.5, 0.6) is 0 Å². The zero-order valence-electron chi connectivity index (χ0n) is 16.2. The minimum absolute atomic E-state index is 0.0480.